The minimum Gasteiger partial charge on any atom is -0.384 e. The van der Waals surface area contributed by atoms with Crippen LogP contribution in [-0.2, 0) is 4.74 Å². The van der Waals surface area contributed by atoms with Gasteiger partial charge in [-0.15, -0.1) is 0 Å². The fourth-order valence-corrected chi connectivity index (χ4v) is 1.95. The van der Waals surface area contributed by atoms with E-state index in [9.17, 15) is 0 Å². The first kappa shape index (κ1) is 12.9. The van der Waals surface area contributed by atoms with Gasteiger partial charge >= 0.3 is 0 Å². The Hall–Kier alpha value is -0.0800. The standard InChI is InChI=1S/C11H25NO/c1-8(2)10(7-13-6)11(12-5)9(3)4/h8-12H,7H2,1-6H3. The topological polar surface area (TPSA) is 21.3 Å². The maximum absolute atomic E-state index is 5.26. The Morgan fingerprint density at radius 1 is 1.08 bits per heavy atom. The van der Waals surface area contributed by atoms with Gasteiger partial charge in [-0.1, -0.05) is 27.7 Å². The molecule has 80 valence electrons. The van der Waals surface area contributed by atoms with Crippen LogP contribution in [0.25, 0.3) is 0 Å². The summed E-state index contributed by atoms with van der Waals surface area (Å²) in [6, 6.07) is 0.556. The highest BCUT2D eigenvalue weighted by atomic mass is 16.5. The molecule has 2 nitrogen and oxygen atoms in total. The first-order valence-electron chi connectivity index (χ1n) is 5.20. The average molecular weight is 187 g/mol. The van der Waals surface area contributed by atoms with Gasteiger partial charge in [0.1, 0.15) is 0 Å². The van der Waals surface area contributed by atoms with Crippen LogP contribution in [0.5, 0.6) is 0 Å². The highest BCUT2D eigenvalue weighted by molar-refractivity contribution is 4.79. The van der Waals surface area contributed by atoms with Gasteiger partial charge in [-0.25, -0.2) is 0 Å². The van der Waals surface area contributed by atoms with Crippen molar-refractivity contribution >= 4 is 0 Å². The number of methoxy groups -OCH3 is 1. The van der Waals surface area contributed by atoms with Gasteiger partial charge in [0.25, 0.3) is 0 Å². The van der Waals surface area contributed by atoms with Crippen molar-refractivity contribution in [2.75, 3.05) is 20.8 Å². The van der Waals surface area contributed by atoms with Crippen LogP contribution in [0.1, 0.15) is 27.7 Å². The van der Waals surface area contributed by atoms with Crippen LogP contribution < -0.4 is 5.32 Å². The Labute approximate surface area is 83.1 Å². The van der Waals surface area contributed by atoms with Crippen LogP contribution in [0.3, 0.4) is 0 Å². The molecule has 0 spiro atoms. The number of hydrogen-bond donors (Lipinski definition) is 1. The Bertz CT molecular complexity index is 123. The lowest BCUT2D eigenvalue weighted by Gasteiger charge is -2.32. The molecule has 0 heterocycles. The van der Waals surface area contributed by atoms with E-state index in [4.69, 9.17) is 4.74 Å². The van der Waals surface area contributed by atoms with Crippen molar-refractivity contribution in [3.05, 3.63) is 0 Å². The maximum Gasteiger partial charge on any atom is 0.0507 e. The van der Waals surface area contributed by atoms with Crippen molar-refractivity contribution in [1.82, 2.24) is 5.32 Å². The van der Waals surface area contributed by atoms with Crippen molar-refractivity contribution in [3.63, 3.8) is 0 Å². The SMILES string of the molecule is CNC(C(C)C)C(COC)C(C)C. The second-order valence-corrected chi connectivity index (χ2v) is 4.42. The number of rotatable bonds is 6. The Morgan fingerprint density at radius 2 is 1.62 bits per heavy atom. The van der Waals surface area contributed by atoms with Crippen LogP contribution in [0, 0.1) is 17.8 Å². The van der Waals surface area contributed by atoms with Gasteiger partial charge in [0.05, 0.1) is 6.61 Å². The molecular weight excluding hydrogens is 162 g/mol. The largest absolute Gasteiger partial charge is 0.384 e. The van der Waals surface area contributed by atoms with Crippen LogP contribution >= 0.6 is 0 Å². The van der Waals surface area contributed by atoms with E-state index in [0.29, 0.717) is 23.8 Å². The molecular formula is C11H25NO. The van der Waals surface area contributed by atoms with Gasteiger partial charge < -0.3 is 10.1 Å². The molecule has 13 heavy (non-hydrogen) atoms. The summed E-state index contributed by atoms with van der Waals surface area (Å²) in [7, 11) is 3.82. The molecule has 1 N–H and O–H groups in total. The van der Waals surface area contributed by atoms with E-state index in [-0.39, 0.29) is 0 Å². The Morgan fingerprint density at radius 3 is 1.85 bits per heavy atom. The number of nitrogens with one attached hydrogen (secondary N) is 1. The van der Waals surface area contributed by atoms with Gasteiger partial charge in [0.15, 0.2) is 0 Å². The van der Waals surface area contributed by atoms with Gasteiger partial charge in [-0.2, -0.15) is 0 Å². The molecule has 0 saturated heterocycles. The summed E-state index contributed by atoms with van der Waals surface area (Å²) in [5.41, 5.74) is 0. The third kappa shape index (κ3) is 4.10. The van der Waals surface area contributed by atoms with Crippen LogP contribution in [0.4, 0.5) is 0 Å². The fraction of sp³-hybridized carbons (Fsp3) is 1.00. The molecule has 0 aromatic heterocycles. The van der Waals surface area contributed by atoms with E-state index in [1.165, 1.54) is 0 Å². The molecule has 0 saturated carbocycles. The molecule has 0 aliphatic rings. The molecule has 0 aromatic rings. The van der Waals surface area contributed by atoms with Crippen LogP contribution in [0.15, 0.2) is 0 Å². The summed E-state index contributed by atoms with van der Waals surface area (Å²) in [5, 5.41) is 3.39. The first-order valence-corrected chi connectivity index (χ1v) is 5.20. The van der Waals surface area contributed by atoms with E-state index < -0.39 is 0 Å². The lowest BCUT2D eigenvalue weighted by atomic mass is 9.83. The average Bonchev–Trinajstić information content (AvgIpc) is 2.03. The lowest BCUT2D eigenvalue weighted by molar-refractivity contribution is 0.0929. The van der Waals surface area contributed by atoms with Crippen molar-refractivity contribution in [2.24, 2.45) is 17.8 Å². The molecule has 0 aliphatic heterocycles. The summed E-state index contributed by atoms with van der Waals surface area (Å²) < 4.78 is 5.26. The second kappa shape index (κ2) is 6.39. The summed E-state index contributed by atoms with van der Waals surface area (Å²) in [4.78, 5) is 0. The number of hydrogen-bond acceptors (Lipinski definition) is 2. The zero-order chi connectivity index (χ0) is 10.4. The maximum atomic E-state index is 5.26. The van der Waals surface area contributed by atoms with Crippen molar-refractivity contribution in [3.8, 4) is 0 Å². The zero-order valence-electron chi connectivity index (χ0n) is 9.92. The molecule has 0 aliphatic carbocycles. The molecule has 2 unspecified atom stereocenters. The highest BCUT2D eigenvalue weighted by Crippen LogP contribution is 2.20. The predicted molar refractivity (Wildman–Crippen MR) is 57.9 cm³/mol. The third-order valence-corrected chi connectivity index (χ3v) is 2.73. The van der Waals surface area contributed by atoms with E-state index in [1.807, 2.05) is 7.05 Å². The molecule has 0 aromatic carbocycles. The van der Waals surface area contributed by atoms with Crippen molar-refractivity contribution < 1.29 is 4.74 Å². The number of ether oxygens (including phenoxy) is 1. The fourth-order valence-electron chi connectivity index (χ4n) is 1.95. The molecule has 0 rings (SSSR count). The van der Waals surface area contributed by atoms with E-state index in [0.717, 1.165) is 6.61 Å². The molecule has 0 radical (unpaired) electrons. The van der Waals surface area contributed by atoms with Crippen molar-refractivity contribution in [1.29, 1.82) is 0 Å². The van der Waals surface area contributed by atoms with E-state index >= 15 is 0 Å². The normalized spacial score (nSPS) is 16.6. The van der Waals surface area contributed by atoms with Gasteiger partial charge in [-0.05, 0) is 18.9 Å². The van der Waals surface area contributed by atoms with Crippen molar-refractivity contribution in [2.45, 2.75) is 33.7 Å². The molecule has 0 amide bonds. The lowest BCUT2D eigenvalue weighted by Crippen LogP contribution is -2.42. The first-order chi connectivity index (χ1) is 6.04. The highest BCUT2D eigenvalue weighted by Gasteiger charge is 2.25. The molecule has 2 heteroatoms. The quantitative estimate of drug-likeness (QED) is 0.688. The van der Waals surface area contributed by atoms with E-state index in [2.05, 4.69) is 33.0 Å². The minimum atomic E-state index is 0.556. The monoisotopic (exact) mass is 187 g/mol. The van der Waals surface area contributed by atoms with Gasteiger partial charge in [0, 0.05) is 19.1 Å². The Kier molecular flexibility index (Phi) is 6.35. The van der Waals surface area contributed by atoms with Gasteiger partial charge in [-0.3, -0.25) is 0 Å². The molecule has 2 atom stereocenters. The third-order valence-electron chi connectivity index (χ3n) is 2.73. The summed E-state index contributed by atoms with van der Waals surface area (Å²) in [6.45, 7) is 9.88. The molecule has 0 bridgehead atoms. The van der Waals surface area contributed by atoms with E-state index in [1.54, 1.807) is 7.11 Å². The predicted octanol–water partition coefficient (Wildman–Crippen LogP) is 2.15. The smallest absolute Gasteiger partial charge is 0.0507 e. The minimum absolute atomic E-state index is 0.556. The van der Waals surface area contributed by atoms with Crippen LogP contribution in [-0.4, -0.2) is 26.8 Å². The second-order valence-electron chi connectivity index (χ2n) is 4.42. The summed E-state index contributed by atoms with van der Waals surface area (Å²) in [6.07, 6.45) is 0. The van der Waals surface area contributed by atoms with Crippen LogP contribution in [0.2, 0.25) is 0 Å². The summed E-state index contributed by atoms with van der Waals surface area (Å²) >= 11 is 0. The summed E-state index contributed by atoms with van der Waals surface area (Å²) in [5.74, 6) is 1.93. The zero-order valence-corrected chi connectivity index (χ0v) is 9.92. The molecule has 0 fully saturated rings. The van der Waals surface area contributed by atoms with Gasteiger partial charge in [0.2, 0.25) is 0 Å². The Balaban J connectivity index is 4.29.